The number of rotatable bonds is 9. The third kappa shape index (κ3) is 4.44. The lowest BCUT2D eigenvalue weighted by atomic mass is 9.87. The Balaban J connectivity index is 2.99. The van der Waals surface area contributed by atoms with Gasteiger partial charge < -0.3 is 5.73 Å². The van der Waals surface area contributed by atoms with Crippen LogP contribution in [0.5, 0.6) is 0 Å². The first-order valence-corrected chi connectivity index (χ1v) is 6.65. The largest absolute Gasteiger partial charge is 0.320 e. The second kappa shape index (κ2) is 7.78. The van der Waals surface area contributed by atoms with E-state index in [1.165, 1.54) is 12.1 Å². The first-order valence-electron chi connectivity index (χ1n) is 6.65. The highest BCUT2D eigenvalue weighted by atomic mass is 19.1. The van der Waals surface area contributed by atoms with Crippen LogP contribution in [0.25, 0.3) is 0 Å². The summed E-state index contributed by atoms with van der Waals surface area (Å²) >= 11 is 0. The Hall–Kier alpha value is -1.71. The Labute approximate surface area is 121 Å². The molecule has 0 saturated carbocycles. The van der Waals surface area contributed by atoms with Crippen LogP contribution in [0.3, 0.4) is 0 Å². The number of benzene rings is 1. The lowest BCUT2D eigenvalue weighted by molar-refractivity contribution is 0.245. The third-order valence-electron chi connectivity index (χ3n) is 3.21. The van der Waals surface area contributed by atoms with Gasteiger partial charge in [0, 0.05) is 19.6 Å². The summed E-state index contributed by atoms with van der Waals surface area (Å²) in [6.45, 7) is 13.4. The van der Waals surface area contributed by atoms with Crippen molar-refractivity contribution in [2.24, 2.45) is 5.73 Å². The lowest BCUT2D eigenvalue weighted by Gasteiger charge is -2.34. The molecule has 0 aliphatic carbocycles. The van der Waals surface area contributed by atoms with Crippen LogP contribution in [0.1, 0.15) is 12.0 Å². The van der Waals surface area contributed by atoms with Crippen LogP contribution in [0.4, 0.5) is 4.39 Å². The van der Waals surface area contributed by atoms with Gasteiger partial charge in [-0.05, 0) is 24.1 Å². The number of nitrogens with two attached hydrogens (primary N) is 1. The second-order valence-corrected chi connectivity index (χ2v) is 4.93. The van der Waals surface area contributed by atoms with Gasteiger partial charge in [-0.25, -0.2) is 4.39 Å². The topological polar surface area (TPSA) is 29.3 Å². The molecule has 3 heteroatoms. The fourth-order valence-electron chi connectivity index (χ4n) is 2.28. The number of halogens is 1. The van der Waals surface area contributed by atoms with Gasteiger partial charge in [0.15, 0.2) is 0 Å². The molecule has 0 spiro atoms. The van der Waals surface area contributed by atoms with Crippen LogP contribution >= 0.6 is 0 Å². The maximum Gasteiger partial charge on any atom is 0.123 e. The molecule has 0 amide bonds. The molecular weight excluding hydrogens is 251 g/mol. The molecule has 0 heterocycles. The molecule has 0 bridgehead atoms. The van der Waals surface area contributed by atoms with Crippen molar-refractivity contribution in [3.05, 3.63) is 73.6 Å². The normalized spacial score (nSPS) is 13.8. The van der Waals surface area contributed by atoms with Gasteiger partial charge in [-0.2, -0.15) is 0 Å². The van der Waals surface area contributed by atoms with Crippen molar-refractivity contribution >= 4 is 0 Å². The molecule has 0 saturated heterocycles. The molecule has 0 radical (unpaired) electrons. The number of hydrogen-bond donors (Lipinski definition) is 1. The number of nitrogens with zero attached hydrogens (tertiary/aromatic N) is 1. The minimum Gasteiger partial charge on any atom is -0.320 e. The first kappa shape index (κ1) is 16.3. The zero-order valence-corrected chi connectivity index (χ0v) is 11.9. The van der Waals surface area contributed by atoms with E-state index in [9.17, 15) is 4.39 Å². The van der Waals surface area contributed by atoms with Crippen LogP contribution in [0.2, 0.25) is 0 Å². The fourth-order valence-corrected chi connectivity index (χ4v) is 2.28. The lowest BCUT2D eigenvalue weighted by Crippen LogP contribution is -2.47. The van der Waals surface area contributed by atoms with Crippen LogP contribution in [0, 0.1) is 5.82 Å². The van der Waals surface area contributed by atoms with Gasteiger partial charge in [0.05, 0.1) is 5.54 Å². The highest BCUT2D eigenvalue weighted by Gasteiger charge is 2.28. The summed E-state index contributed by atoms with van der Waals surface area (Å²) in [6.07, 6.45) is 6.08. The van der Waals surface area contributed by atoms with E-state index in [-0.39, 0.29) is 5.82 Å². The van der Waals surface area contributed by atoms with E-state index >= 15 is 0 Å². The van der Waals surface area contributed by atoms with Crippen LogP contribution in [-0.2, 0) is 5.54 Å². The average molecular weight is 274 g/mol. The maximum atomic E-state index is 13.1. The molecular formula is C17H23FN2. The predicted molar refractivity (Wildman–Crippen MR) is 83.9 cm³/mol. The van der Waals surface area contributed by atoms with Crippen molar-refractivity contribution < 1.29 is 4.39 Å². The van der Waals surface area contributed by atoms with E-state index in [2.05, 4.69) is 24.6 Å². The van der Waals surface area contributed by atoms with Gasteiger partial charge in [-0.3, -0.25) is 4.90 Å². The van der Waals surface area contributed by atoms with Gasteiger partial charge >= 0.3 is 0 Å². The summed E-state index contributed by atoms with van der Waals surface area (Å²) in [5.74, 6) is -0.260. The Morgan fingerprint density at radius 3 is 2.05 bits per heavy atom. The molecule has 1 unspecified atom stereocenters. The van der Waals surface area contributed by atoms with Gasteiger partial charge in [0.2, 0.25) is 0 Å². The van der Waals surface area contributed by atoms with E-state index in [0.717, 1.165) is 18.7 Å². The van der Waals surface area contributed by atoms with Gasteiger partial charge in [-0.15, -0.1) is 19.7 Å². The third-order valence-corrected chi connectivity index (χ3v) is 3.21. The first-order chi connectivity index (χ1) is 9.55. The van der Waals surface area contributed by atoms with E-state index in [1.807, 2.05) is 12.2 Å². The quantitative estimate of drug-likeness (QED) is 0.701. The van der Waals surface area contributed by atoms with Crippen LogP contribution in [0.15, 0.2) is 62.2 Å². The van der Waals surface area contributed by atoms with Gasteiger partial charge in [0.25, 0.3) is 0 Å². The van der Waals surface area contributed by atoms with Crippen molar-refractivity contribution in [3.63, 3.8) is 0 Å². The molecule has 108 valence electrons. The molecule has 2 nitrogen and oxygen atoms in total. The minimum atomic E-state index is -0.596. The van der Waals surface area contributed by atoms with E-state index in [1.54, 1.807) is 18.2 Å². The van der Waals surface area contributed by atoms with Gasteiger partial charge in [-0.1, -0.05) is 30.4 Å². The molecule has 1 aromatic carbocycles. The molecule has 0 aromatic heterocycles. The smallest absolute Gasteiger partial charge is 0.123 e. The molecule has 0 aliphatic heterocycles. The molecule has 0 fully saturated rings. The highest BCUT2D eigenvalue weighted by Crippen LogP contribution is 2.24. The average Bonchev–Trinajstić information content (AvgIpc) is 2.40. The van der Waals surface area contributed by atoms with Crippen molar-refractivity contribution in [1.82, 2.24) is 4.90 Å². The summed E-state index contributed by atoms with van der Waals surface area (Å²) < 4.78 is 13.1. The summed E-state index contributed by atoms with van der Waals surface area (Å²) in [6, 6.07) is 6.34. The van der Waals surface area contributed by atoms with E-state index in [0.29, 0.717) is 13.0 Å². The highest BCUT2D eigenvalue weighted by molar-refractivity contribution is 5.26. The monoisotopic (exact) mass is 274 g/mol. The summed E-state index contributed by atoms with van der Waals surface area (Å²) in [5, 5.41) is 0. The summed E-state index contributed by atoms with van der Waals surface area (Å²) in [4.78, 5) is 2.15. The summed E-state index contributed by atoms with van der Waals surface area (Å²) in [5.41, 5.74) is 6.84. The molecule has 1 atom stereocenters. The van der Waals surface area contributed by atoms with Gasteiger partial charge in [0.1, 0.15) is 5.82 Å². The second-order valence-electron chi connectivity index (χ2n) is 4.93. The molecule has 2 N–H and O–H groups in total. The standard InChI is InChI=1S/C17H23FN2/c1-4-11-17(19,14-20(12-5-2)13-6-3)15-7-9-16(18)10-8-15/h4-10H,1-3,11-14,19H2. The van der Waals surface area contributed by atoms with Crippen molar-refractivity contribution in [3.8, 4) is 0 Å². The van der Waals surface area contributed by atoms with E-state index in [4.69, 9.17) is 5.73 Å². The van der Waals surface area contributed by atoms with Crippen LogP contribution in [-0.4, -0.2) is 24.5 Å². The predicted octanol–water partition coefficient (Wildman–Crippen LogP) is 3.23. The molecule has 1 aromatic rings. The van der Waals surface area contributed by atoms with Crippen molar-refractivity contribution in [1.29, 1.82) is 0 Å². The zero-order chi connectivity index (χ0) is 15.0. The SMILES string of the molecule is C=CCN(CC=C)CC(N)(CC=C)c1ccc(F)cc1. The Morgan fingerprint density at radius 2 is 1.60 bits per heavy atom. The number of hydrogen-bond acceptors (Lipinski definition) is 2. The summed E-state index contributed by atoms with van der Waals surface area (Å²) in [7, 11) is 0. The maximum absolute atomic E-state index is 13.1. The van der Waals surface area contributed by atoms with Crippen LogP contribution < -0.4 is 5.73 Å². The fraction of sp³-hybridized carbons (Fsp3) is 0.294. The molecule has 1 rings (SSSR count). The van der Waals surface area contributed by atoms with Crippen molar-refractivity contribution in [2.45, 2.75) is 12.0 Å². The minimum absolute atomic E-state index is 0.260. The Kier molecular flexibility index (Phi) is 6.36. The Bertz CT molecular complexity index is 443. The Morgan fingerprint density at radius 1 is 1.05 bits per heavy atom. The van der Waals surface area contributed by atoms with Crippen molar-refractivity contribution in [2.75, 3.05) is 19.6 Å². The molecule has 0 aliphatic rings. The zero-order valence-electron chi connectivity index (χ0n) is 11.9. The van der Waals surface area contributed by atoms with E-state index < -0.39 is 5.54 Å². The molecule has 20 heavy (non-hydrogen) atoms.